The van der Waals surface area contributed by atoms with E-state index in [1.54, 1.807) is 4.90 Å². The molecule has 2 aromatic rings. The Morgan fingerprint density at radius 1 is 0.652 bits per heavy atom. The number of ether oxygens (including phenoxy) is 1. The number of benzene rings is 2. The number of amides is 3. The van der Waals surface area contributed by atoms with Crippen LogP contribution in [0.3, 0.4) is 0 Å². The zero-order valence-corrected chi connectivity index (χ0v) is 43.4. The van der Waals surface area contributed by atoms with E-state index in [9.17, 15) is 14.4 Å². The van der Waals surface area contributed by atoms with Crippen molar-refractivity contribution in [1.82, 2.24) is 15.5 Å². The van der Waals surface area contributed by atoms with Gasteiger partial charge < -0.3 is 38.9 Å². The first-order valence-corrected chi connectivity index (χ1v) is 27.0. The summed E-state index contributed by atoms with van der Waals surface area (Å²) in [6, 6.07) is 20.6. The highest BCUT2D eigenvalue weighted by Gasteiger charge is 2.70. The Labute approximate surface area is 414 Å². The standard InChI is InChI=1S/C30H45BN2O5.C26H38BNO3/c1-28(2,3)36-27(35)33-14-10-13-21(19-33)16-26(34)32-25(15-20-11-8-7-9-12-20)31-37-24-18-22-17-23(29(22,4)5)30(24,6)38-31;1-25(2)20-16-21(25)26(3)22(17-20)30-27(31-26)23(14-18-10-6-4-7-11-18)28-24(29)15-19-12-8-5-9-13-19/h7-9,11-12,21-25H,10,13-19H2,1-6H3,(H,32,34);4,6-7,10-11,19-23H,5,8-9,12-17H2,1-3H3,(H,28,29)/t21-,22-,23-,24+,25-,30-;20-,21-,22+,23-,26-/m00/s1. The molecule has 0 radical (unpaired) electrons. The van der Waals surface area contributed by atoms with Gasteiger partial charge in [0.25, 0.3) is 0 Å². The van der Waals surface area contributed by atoms with Crippen molar-refractivity contribution < 1.29 is 37.7 Å². The smallest absolute Gasteiger partial charge is 0.444 e. The molecule has 7 saturated carbocycles. The van der Waals surface area contributed by atoms with Crippen molar-refractivity contribution in [2.24, 2.45) is 46.3 Å². The van der Waals surface area contributed by atoms with E-state index in [2.05, 4.69) is 88.6 Å². The molecule has 2 N–H and O–H groups in total. The summed E-state index contributed by atoms with van der Waals surface area (Å²) in [6.45, 7) is 20.8. The molecular formula is C56H83B2N3O8. The van der Waals surface area contributed by atoms with Gasteiger partial charge in [-0.3, -0.25) is 9.59 Å². The van der Waals surface area contributed by atoms with Crippen molar-refractivity contribution in [3.63, 3.8) is 0 Å². The summed E-state index contributed by atoms with van der Waals surface area (Å²) in [5.74, 6) is 2.75. The van der Waals surface area contributed by atoms with Crippen LogP contribution < -0.4 is 10.6 Å². The Morgan fingerprint density at radius 2 is 1.10 bits per heavy atom. The fraction of sp³-hybridized carbons (Fsp3) is 0.732. The van der Waals surface area contributed by atoms with Crippen LogP contribution in [0.4, 0.5) is 4.79 Å². The first kappa shape index (κ1) is 50.6. The summed E-state index contributed by atoms with van der Waals surface area (Å²) in [4.78, 5) is 40.7. The third-order valence-electron chi connectivity index (χ3n) is 18.7. The molecule has 3 saturated heterocycles. The number of nitrogens with zero attached hydrogens (tertiary/aromatic N) is 1. The molecule has 4 bridgehead atoms. The van der Waals surface area contributed by atoms with Crippen LogP contribution in [0.5, 0.6) is 0 Å². The van der Waals surface area contributed by atoms with Gasteiger partial charge in [-0.1, -0.05) is 108 Å². The predicted octanol–water partition coefficient (Wildman–Crippen LogP) is 9.97. The van der Waals surface area contributed by atoms with Crippen molar-refractivity contribution >= 4 is 32.1 Å². The normalized spacial score (nSPS) is 33.8. The van der Waals surface area contributed by atoms with Gasteiger partial charge in [-0.15, -0.1) is 0 Å². The lowest BCUT2D eigenvalue weighted by molar-refractivity contribution is -0.199. The molecule has 0 unspecified atom stereocenters. The molecule has 376 valence electrons. The number of likely N-dealkylation sites (tertiary alicyclic amines) is 1. The van der Waals surface area contributed by atoms with Gasteiger partial charge in [0.1, 0.15) is 5.60 Å². The van der Waals surface area contributed by atoms with Crippen molar-refractivity contribution in [3.05, 3.63) is 71.8 Å². The number of carbonyl (C=O) groups is 3. The molecule has 12 rings (SSSR count). The molecule has 69 heavy (non-hydrogen) atoms. The number of hydrogen-bond donors (Lipinski definition) is 2. The van der Waals surface area contributed by atoms with Crippen LogP contribution in [0.2, 0.25) is 0 Å². The molecule has 10 fully saturated rings. The first-order valence-electron chi connectivity index (χ1n) is 27.0. The molecule has 3 amide bonds. The maximum absolute atomic E-state index is 13.4. The molecule has 0 spiro atoms. The number of hydrogen-bond acceptors (Lipinski definition) is 8. The number of piperidine rings is 1. The van der Waals surface area contributed by atoms with Gasteiger partial charge in [-0.2, -0.15) is 0 Å². The summed E-state index contributed by atoms with van der Waals surface area (Å²) in [5.41, 5.74) is 1.85. The first-order chi connectivity index (χ1) is 32.7. The van der Waals surface area contributed by atoms with Crippen LogP contribution in [-0.4, -0.2) is 91.0 Å². The van der Waals surface area contributed by atoms with Gasteiger partial charge >= 0.3 is 20.3 Å². The molecule has 3 aliphatic heterocycles. The van der Waals surface area contributed by atoms with Crippen LogP contribution in [0, 0.1) is 46.3 Å². The largest absolute Gasteiger partial charge is 0.482 e. The minimum Gasteiger partial charge on any atom is -0.444 e. The molecule has 0 aromatic heterocycles. The Kier molecular flexibility index (Phi) is 14.6. The summed E-state index contributed by atoms with van der Waals surface area (Å²) < 4.78 is 32.2. The lowest BCUT2D eigenvalue weighted by atomic mass is 9.43. The molecule has 11 nitrogen and oxygen atoms in total. The van der Waals surface area contributed by atoms with Gasteiger partial charge in [0.05, 0.1) is 35.3 Å². The van der Waals surface area contributed by atoms with E-state index < -0.39 is 12.7 Å². The molecule has 7 aliphatic carbocycles. The fourth-order valence-corrected chi connectivity index (χ4v) is 14.5. The predicted molar refractivity (Wildman–Crippen MR) is 271 cm³/mol. The minimum absolute atomic E-state index is 0.0150. The molecule has 3 heterocycles. The highest BCUT2D eigenvalue weighted by atomic mass is 16.7. The van der Waals surface area contributed by atoms with E-state index in [1.165, 1.54) is 50.5 Å². The van der Waals surface area contributed by atoms with Crippen molar-refractivity contribution in [3.8, 4) is 0 Å². The summed E-state index contributed by atoms with van der Waals surface area (Å²) in [5, 5.41) is 6.63. The maximum atomic E-state index is 13.4. The second-order valence-electron chi connectivity index (χ2n) is 25.2. The van der Waals surface area contributed by atoms with Crippen LogP contribution in [0.25, 0.3) is 0 Å². The highest BCUT2D eigenvalue weighted by Crippen LogP contribution is 2.67. The highest BCUT2D eigenvalue weighted by molar-refractivity contribution is 6.48. The zero-order chi connectivity index (χ0) is 48.9. The second kappa shape index (κ2) is 19.9. The summed E-state index contributed by atoms with van der Waals surface area (Å²) >= 11 is 0. The van der Waals surface area contributed by atoms with E-state index >= 15 is 0 Å². The molecule has 10 aliphatic rings. The van der Waals surface area contributed by atoms with E-state index in [-0.39, 0.29) is 71.7 Å². The summed E-state index contributed by atoms with van der Waals surface area (Å²) in [7, 11) is -0.852. The van der Waals surface area contributed by atoms with Crippen LogP contribution in [0.15, 0.2) is 60.7 Å². The Bertz CT molecular complexity index is 2120. The average molecular weight is 948 g/mol. The SMILES string of the molecule is CC(C)(C)OC(=O)N1CCC[C@@H](CC(=O)N[C@@H](Cc2ccccc2)B2O[C@@H]3C[C@@H]4C[C@@H](C4(C)C)[C@]3(C)O2)C1.CC1(C)[C@@H]2C[C@H]3OB([C@H](Cc4ccccc4)NC(=O)CC4CCCCC4)O[C@@]3(C)[C@H]1C2. The van der Waals surface area contributed by atoms with Crippen molar-refractivity contribution in [2.75, 3.05) is 13.1 Å². The third kappa shape index (κ3) is 10.7. The minimum atomic E-state index is -0.531. The quantitative estimate of drug-likeness (QED) is 0.202. The Morgan fingerprint density at radius 3 is 1.55 bits per heavy atom. The van der Waals surface area contributed by atoms with Crippen LogP contribution in [0.1, 0.15) is 157 Å². The molecular weight excluding hydrogens is 864 g/mol. The van der Waals surface area contributed by atoms with Gasteiger partial charge in [-0.05, 0) is 156 Å². The van der Waals surface area contributed by atoms with Gasteiger partial charge in [-0.25, -0.2) is 4.79 Å². The maximum Gasteiger partial charge on any atom is 0.482 e. The van der Waals surface area contributed by atoms with Crippen molar-refractivity contribution in [1.29, 1.82) is 0 Å². The summed E-state index contributed by atoms with van der Waals surface area (Å²) in [6.07, 6.45) is 14.8. The number of nitrogens with one attached hydrogen (secondary N) is 2. The molecule has 11 atom stereocenters. The van der Waals surface area contributed by atoms with Crippen LogP contribution >= 0.6 is 0 Å². The lowest BCUT2D eigenvalue weighted by Crippen LogP contribution is -2.65. The van der Waals surface area contributed by atoms with Gasteiger partial charge in [0.15, 0.2) is 0 Å². The van der Waals surface area contributed by atoms with Crippen LogP contribution in [-0.2, 0) is 45.8 Å². The van der Waals surface area contributed by atoms with E-state index in [0.29, 0.717) is 61.4 Å². The Hall–Kier alpha value is -3.38. The Balaban J connectivity index is 0.000000175. The third-order valence-corrected chi connectivity index (χ3v) is 18.7. The van der Waals surface area contributed by atoms with E-state index in [1.807, 2.05) is 45.0 Å². The monoisotopic (exact) mass is 948 g/mol. The molecule has 13 heteroatoms. The molecule has 2 aromatic carbocycles. The fourth-order valence-electron chi connectivity index (χ4n) is 14.5. The average Bonchev–Trinajstić information content (AvgIpc) is 3.86. The van der Waals surface area contributed by atoms with E-state index in [0.717, 1.165) is 43.6 Å². The topological polar surface area (TPSA) is 125 Å². The number of carbonyl (C=O) groups excluding carboxylic acids is 3. The van der Waals surface area contributed by atoms with Crippen molar-refractivity contribution in [2.45, 2.75) is 200 Å². The number of rotatable bonds is 12. The lowest BCUT2D eigenvalue weighted by Gasteiger charge is -2.64. The van der Waals surface area contributed by atoms with E-state index in [4.69, 9.17) is 23.4 Å². The van der Waals surface area contributed by atoms with Gasteiger partial charge in [0.2, 0.25) is 11.8 Å². The van der Waals surface area contributed by atoms with Gasteiger partial charge in [0, 0.05) is 25.9 Å². The second-order valence-corrected chi connectivity index (χ2v) is 25.2. The zero-order valence-electron chi connectivity index (χ0n) is 43.4.